The van der Waals surface area contributed by atoms with Crippen LogP contribution in [0.25, 0.3) is 0 Å². The normalized spacial score (nSPS) is 28.3. The van der Waals surface area contributed by atoms with Crippen LogP contribution in [0, 0.1) is 0 Å². The second kappa shape index (κ2) is 4.39. The molecule has 2 atom stereocenters. The van der Waals surface area contributed by atoms with Gasteiger partial charge in [-0.25, -0.2) is 4.98 Å². The summed E-state index contributed by atoms with van der Waals surface area (Å²) in [7, 11) is 2.13. The summed E-state index contributed by atoms with van der Waals surface area (Å²) in [4.78, 5) is 18.1. The number of hydrogen-bond acceptors (Lipinski definition) is 3. The van der Waals surface area contributed by atoms with Crippen molar-refractivity contribution in [3.05, 3.63) is 17.7 Å². The number of carboxylic acids is 1. The fourth-order valence-electron chi connectivity index (χ4n) is 3.25. The van der Waals surface area contributed by atoms with Crippen molar-refractivity contribution in [2.24, 2.45) is 0 Å². The van der Waals surface area contributed by atoms with Crippen LogP contribution in [0.15, 0.2) is 6.20 Å². The molecule has 0 aliphatic carbocycles. The fraction of sp³-hybridized carbons (Fsp3) is 0.692. The highest BCUT2D eigenvalue weighted by Gasteiger charge is 2.32. The zero-order valence-electron chi connectivity index (χ0n) is 10.7. The van der Waals surface area contributed by atoms with E-state index < -0.39 is 5.97 Å². The fourth-order valence-corrected chi connectivity index (χ4v) is 3.25. The van der Waals surface area contributed by atoms with Crippen LogP contribution in [-0.4, -0.2) is 45.7 Å². The first-order valence-electron chi connectivity index (χ1n) is 6.63. The van der Waals surface area contributed by atoms with E-state index in [0.717, 1.165) is 50.4 Å². The minimum atomic E-state index is -0.717. The standard InChI is InChI=1S/C13H19N3O2/c1-15-6-4-9(8-15)12-14-7-11-10(13(17)18)3-2-5-16(11)12/h7,9-10H,2-6,8H2,1H3,(H,17,18). The van der Waals surface area contributed by atoms with Crippen LogP contribution < -0.4 is 0 Å². The molecule has 0 aromatic carbocycles. The van der Waals surface area contributed by atoms with E-state index in [-0.39, 0.29) is 5.92 Å². The largest absolute Gasteiger partial charge is 0.481 e. The average Bonchev–Trinajstić information content (AvgIpc) is 2.93. The molecule has 0 radical (unpaired) electrons. The molecule has 1 saturated heterocycles. The van der Waals surface area contributed by atoms with Crippen molar-refractivity contribution in [1.82, 2.24) is 14.5 Å². The van der Waals surface area contributed by atoms with Crippen molar-refractivity contribution < 1.29 is 9.90 Å². The zero-order valence-corrected chi connectivity index (χ0v) is 10.7. The van der Waals surface area contributed by atoms with Crippen molar-refractivity contribution in [2.45, 2.75) is 37.6 Å². The molecule has 1 aromatic heterocycles. The quantitative estimate of drug-likeness (QED) is 0.857. The third-order valence-corrected chi connectivity index (χ3v) is 4.20. The van der Waals surface area contributed by atoms with Gasteiger partial charge in [-0.05, 0) is 32.9 Å². The first-order chi connectivity index (χ1) is 8.66. The summed E-state index contributed by atoms with van der Waals surface area (Å²) in [5.74, 6) is 0.488. The van der Waals surface area contributed by atoms with Gasteiger partial charge < -0.3 is 14.6 Å². The Labute approximate surface area is 106 Å². The summed E-state index contributed by atoms with van der Waals surface area (Å²) in [6, 6.07) is 0. The van der Waals surface area contributed by atoms with E-state index in [1.807, 2.05) is 0 Å². The van der Waals surface area contributed by atoms with Gasteiger partial charge >= 0.3 is 5.97 Å². The number of rotatable bonds is 2. The van der Waals surface area contributed by atoms with Gasteiger partial charge in [0.2, 0.25) is 0 Å². The molecule has 5 heteroatoms. The van der Waals surface area contributed by atoms with Gasteiger partial charge in [0.25, 0.3) is 0 Å². The van der Waals surface area contributed by atoms with Gasteiger partial charge in [0.05, 0.1) is 11.6 Å². The highest BCUT2D eigenvalue weighted by molar-refractivity contribution is 5.75. The molecule has 18 heavy (non-hydrogen) atoms. The molecule has 1 N–H and O–H groups in total. The summed E-state index contributed by atoms with van der Waals surface area (Å²) in [6.07, 6.45) is 4.59. The van der Waals surface area contributed by atoms with Gasteiger partial charge in [0, 0.05) is 25.2 Å². The van der Waals surface area contributed by atoms with Gasteiger partial charge in [-0.3, -0.25) is 4.79 Å². The maximum absolute atomic E-state index is 11.3. The summed E-state index contributed by atoms with van der Waals surface area (Å²) in [6.45, 7) is 3.07. The summed E-state index contributed by atoms with van der Waals surface area (Å²) < 4.78 is 2.16. The van der Waals surface area contributed by atoms with E-state index >= 15 is 0 Å². The highest BCUT2D eigenvalue weighted by atomic mass is 16.4. The van der Waals surface area contributed by atoms with Gasteiger partial charge in [0.15, 0.2) is 0 Å². The topological polar surface area (TPSA) is 58.4 Å². The molecular weight excluding hydrogens is 230 g/mol. The van der Waals surface area contributed by atoms with Gasteiger partial charge in [-0.1, -0.05) is 0 Å². The number of likely N-dealkylation sites (tertiary alicyclic amines) is 1. The molecule has 2 unspecified atom stereocenters. The van der Waals surface area contributed by atoms with Crippen molar-refractivity contribution in [3.8, 4) is 0 Å². The van der Waals surface area contributed by atoms with Crippen LogP contribution in [0.2, 0.25) is 0 Å². The predicted octanol–water partition coefficient (Wildman–Crippen LogP) is 1.26. The number of aliphatic carboxylic acids is 1. The number of likely N-dealkylation sites (N-methyl/N-ethyl adjacent to an activating group) is 1. The molecular formula is C13H19N3O2. The monoisotopic (exact) mass is 249 g/mol. The maximum atomic E-state index is 11.3. The van der Waals surface area contributed by atoms with Gasteiger partial charge in [-0.15, -0.1) is 0 Å². The van der Waals surface area contributed by atoms with Crippen molar-refractivity contribution in [3.63, 3.8) is 0 Å². The molecule has 1 aromatic rings. The van der Waals surface area contributed by atoms with Crippen LogP contribution in [0.3, 0.4) is 0 Å². The second-order valence-corrected chi connectivity index (χ2v) is 5.47. The van der Waals surface area contributed by atoms with Crippen LogP contribution >= 0.6 is 0 Å². The van der Waals surface area contributed by atoms with Crippen LogP contribution in [0.4, 0.5) is 0 Å². The van der Waals surface area contributed by atoms with E-state index in [1.54, 1.807) is 6.20 Å². The lowest BCUT2D eigenvalue weighted by Crippen LogP contribution is -2.24. The zero-order chi connectivity index (χ0) is 12.7. The van der Waals surface area contributed by atoms with E-state index in [1.165, 1.54) is 0 Å². The van der Waals surface area contributed by atoms with E-state index in [0.29, 0.717) is 5.92 Å². The average molecular weight is 249 g/mol. The van der Waals surface area contributed by atoms with Crippen molar-refractivity contribution in [2.75, 3.05) is 20.1 Å². The van der Waals surface area contributed by atoms with Crippen LogP contribution in [0.5, 0.6) is 0 Å². The van der Waals surface area contributed by atoms with E-state index in [9.17, 15) is 9.90 Å². The Bertz CT molecular complexity index is 469. The summed E-state index contributed by atoms with van der Waals surface area (Å²) in [5.41, 5.74) is 0.901. The number of aromatic nitrogens is 2. The summed E-state index contributed by atoms with van der Waals surface area (Å²) >= 11 is 0. The van der Waals surface area contributed by atoms with Crippen molar-refractivity contribution >= 4 is 5.97 Å². The summed E-state index contributed by atoms with van der Waals surface area (Å²) in [5, 5.41) is 9.25. The Balaban J connectivity index is 1.92. The van der Waals surface area contributed by atoms with E-state index in [2.05, 4.69) is 21.5 Å². The molecule has 1 fully saturated rings. The number of fused-ring (bicyclic) bond motifs is 1. The molecule has 3 rings (SSSR count). The maximum Gasteiger partial charge on any atom is 0.312 e. The first-order valence-corrected chi connectivity index (χ1v) is 6.63. The number of carboxylic acid groups (broad SMARTS) is 1. The SMILES string of the molecule is CN1CCC(c2ncc3n2CCCC3C(=O)O)C1. The lowest BCUT2D eigenvalue weighted by atomic mass is 9.96. The molecule has 2 aliphatic rings. The molecule has 0 saturated carbocycles. The number of hydrogen-bond donors (Lipinski definition) is 1. The Kier molecular flexibility index (Phi) is 2.86. The van der Waals surface area contributed by atoms with Gasteiger partial charge in [-0.2, -0.15) is 0 Å². The lowest BCUT2D eigenvalue weighted by Gasteiger charge is -2.23. The Hall–Kier alpha value is -1.36. The molecule has 2 aliphatic heterocycles. The number of imidazole rings is 1. The molecule has 98 valence electrons. The smallest absolute Gasteiger partial charge is 0.312 e. The Morgan fingerprint density at radius 1 is 1.44 bits per heavy atom. The predicted molar refractivity (Wildman–Crippen MR) is 66.7 cm³/mol. The van der Waals surface area contributed by atoms with Gasteiger partial charge in [0.1, 0.15) is 5.82 Å². The lowest BCUT2D eigenvalue weighted by molar-refractivity contribution is -0.139. The molecule has 5 nitrogen and oxygen atoms in total. The Morgan fingerprint density at radius 3 is 2.94 bits per heavy atom. The van der Waals surface area contributed by atoms with Crippen LogP contribution in [0.1, 0.15) is 42.6 Å². The minimum absolute atomic E-state index is 0.362. The molecule has 0 spiro atoms. The third-order valence-electron chi connectivity index (χ3n) is 4.20. The second-order valence-electron chi connectivity index (χ2n) is 5.47. The minimum Gasteiger partial charge on any atom is -0.481 e. The number of carbonyl (C=O) groups is 1. The molecule has 0 amide bonds. The van der Waals surface area contributed by atoms with Crippen LogP contribution in [-0.2, 0) is 11.3 Å². The molecule has 3 heterocycles. The van der Waals surface area contributed by atoms with E-state index in [4.69, 9.17) is 0 Å². The number of nitrogens with zero attached hydrogens (tertiary/aromatic N) is 3. The van der Waals surface area contributed by atoms with Crippen molar-refractivity contribution in [1.29, 1.82) is 0 Å². The third kappa shape index (κ3) is 1.82. The molecule has 0 bridgehead atoms. The highest BCUT2D eigenvalue weighted by Crippen LogP contribution is 2.33. The first kappa shape index (κ1) is 11.7. The Morgan fingerprint density at radius 2 is 2.28 bits per heavy atom.